The van der Waals surface area contributed by atoms with Crippen molar-refractivity contribution in [2.45, 2.75) is 31.6 Å². The molecule has 0 fully saturated rings. The van der Waals surface area contributed by atoms with Gasteiger partial charge in [0.05, 0.1) is 28.7 Å². The lowest BCUT2D eigenvalue weighted by Crippen LogP contribution is -2.31. The molecule has 0 unspecified atom stereocenters. The molecule has 11 heteroatoms. The molecule has 0 saturated carbocycles. The maximum Gasteiger partial charge on any atom is 0.334 e. The average Bonchev–Trinajstić information content (AvgIpc) is 2.72. The average molecular weight is 481 g/mol. The van der Waals surface area contributed by atoms with E-state index in [4.69, 9.17) is 9.47 Å². The van der Waals surface area contributed by atoms with E-state index < -0.39 is 14.8 Å². The summed E-state index contributed by atoms with van der Waals surface area (Å²) in [7, 11) is -0.493. The van der Waals surface area contributed by atoms with Gasteiger partial charge in [0.25, 0.3) is 0 Å². The Labute approximate surface area is 195 Å². The number of nitrogens with zero attached hydrogens (tertiary/aromatic N) is 3. The maximum atomic E-state index is 12.5. The number of hydrogen-bond acceptors (Lipinski definition) is 9. The summed E-state index contributed by atoms with van der Waals surface area (Å²) in [5.41, 5.74) is 1.72. The van der Waals surface area contributed by atoms with Crippen LogP contribution < -0.4 is 10.2 Å². The minimum Gasteiger partial charge on any atom is -0.383 e. The number of pyridine rings is 1. The molecule has 0 aliphatic rings. The van der Waals surface area contributed by atoms with Crippen molar-refractivity contribution >= 4 is 32.7 Å². The van der Waals surface area contributed by atoms with Gasteiger partial charge >= 0.3 is 5.69 Å². The Morgan fingerprint density at radius 3 is 2.24 bits per heavy atom. The molecule has 1 aromatic carbocycles. The lowest BCUT2D eigenvalue weighted by Gasteiger charge is -2.25. The highest BCUT2D eigenvalue weighted by molar-refractivity contribution is 7.90. The summed E-state index contributed by atoms with van der Waals surface area (Å²) in [4.78, 5) is 17.8. The molecule has 1 aromatic heterocycles. The van der Waals surface area contributed by atoms with Crippen LogP contribution in [0.15, 0.2) is 29.2 Å². The number of rotatable bonds is 12. The van der Waals surface area contributed by atoms with Crippen LogP contribution in [0.3, 0.4) is 0 Å². The van der Waals surface area contributed by atoms with E-state index in [9.17, 15) is 18.5 Å². The van der Waals surface area contributed by atoms with Gasteiger partial charge in [-0.25, -0.2) is 13.4 Å². The summed E-state index contributed by atoms with van der Waals surface area (Å²) >= 11 is 0. The van der Waals surface area contributed by atoms with Crippen molar-refractivity contribution < 1.29 is 22.8 Å². The first kappa shape index (κ1) is 26.5. The van der Waals surface area contributed by atoms with E-state index >= 15 is 0 Å². The Balaban J connectivity index is 2.65. The van der Waals surface area contributed by atoms with E-state index in [2.05, 4.69) is 10.3 Å². The highest BCUT2D eigenvalue weighted by atomic mass is 32.2. The molecule has 1 heterocycles. The molecular weight excluding hydrogens is 448 g/mol. The molecule has 0 amide bonds. The molecule has 0 atom stereocenters. The highest BCUT2D eigenvalue weighted by Gasteiger charge is 2.28. The zero-order chi connectivity index (χ0) is 24.8. The Kier molecular flexibility index (Phi) is 9.15. The molecule has 0 radical (unpaired) electrons. The summed E-state index contributed by atoms with van der Waals surface area (Å²) in [6, 6.07) is 6.64. The van der Waals surface area contributed by atoms with Crippen LogP contribution >= 0.6 is 0 Å². The van der Waals surface area contributed by atoms with Crippen LogP contribution in [0.25, 0.3) is 0 Å². The number of aromatic nitrogens is 1. The molecule has 2 rings (SSSR count). The SMILES string of the molecule is COCCN(CCOC)c1cc(C)nc(Nc2ccc(C(C)C)cc2S(C)(=O)=O)c1[N+](=O)[O-]. The van der Waals surface area contributed by atoms with Crippen LogP contribution in [-0.2, 0) is 19.3 Å². The van der Waals surface area contributed by atoms with Crippen LogP contribution in [0.5, 0.6) is 0 Å². The molecule has 10 nitrogen and oxygen atoms in total. The van der Waals surface area contributed by atoms with Crippen LogP contribution in [0.1, 0.15) is 31.0 Å². The number of sulfone groups is 1. The van der Waals surface area contributed by atoms with Gasteiger partial charge in [0.15, 0.2) is 9.84 Å². The number of methoxy groups -OCH3 is 2. The Morgan fingerprint density at radius 2 is 1.76 bits per heavy atom. The fourth-order valence-corrected chi connectivity index (χ4v) is 4.22. The second kappa shape index (κ2) is 11.4. The summed E-state index contributed by atoms with van der Waals surface area (Å²) in [6.07, 6.45) is 1.11. The van der Waals surface area contributed by atoms with E-state index in [1.54, 1.807) is 50.3 Å². The van der Waals surface area contributed by atoms with E-state index in [1.807, 2.05) is 13.8 Å². The second-order valence-electron chi connectivity index (χ2n) is 8.02. The number of benzene rings is 1. The lowest BCUT2D eigenvalue weighted by atomic mass is 10.0. The molecular formula is C22H32N4O6S. The van der Waals surface area contributed by atoms with Gasteiger partial charge in [0.2, 0.25) is 5.82 Å². The van der Waals surface area contributed by atoms with Crippen molar-refractivity contribution in [3.05, 3.63) is 45.6 Å². The van der Waals surface area contributed by atoms with E-state index in [0.29, 0.717) is 37.7 Å². The van der Waals surface area contributed by atoms with Crippen LogP contribution in [0, 0.1) is 17.0 Å². The van der Waals surface area contributed by atoms with Crippen molar-refractivity contribution in [2.75, 3.05) is 57.0 Å². The number of nitro groups is 1. The quantitative estimate of drug-likeness (QED) is 0.358. The zero-order valence-electron chi connectivity index (χ0n) is 19.9. The number of aryl methyl sites for hydroxylation is 1. The summed E-state index contributed by atoms with van der Waals surface area (Å²) in [5, 5.41) is 15.1. The topological polar surface area (TPSA) is 124 Å². The van der Waals surface area contributed by atoms with E-state index in [-0.39, 0.29) is 28.0 Å². The maximum absolute atomic E-state index is 12.5. The van der Waals surface area contributed by atoms with Gasteiger partial charge < -0.3 is 19.7 Å². The fraction of sp³-hybridized carbons (Fsp3) is 0.500. The lowest BCUT2D eigenvalue weighted by molar-refractivity contribution is -0.383. The van der Waals surface area contributed by atoms with Crippen LogP contribution in [0.4, 0.5) is 22.9 Å². The van der Waals surface area contributed by atoms with Gasteiger partial charge in [-0.05, 0) is 36.6 Å². The van der Waals surface area contributed by atoms with Crippen LogP contribution in [0.2, 0.25) is 0 Å². The number of nitrogens with one attached hydrogen (secondary N) is 1. The predicted octanol–water partition coefficient (Wildman–Crippen LogP) is 3.67. The predicted molar refractivity (Wildman–Crippen MR) is 129 cm³/mol. The standard InChI is InChI=1S/C22H32N4O6S/c1-15(2)17-7-8-18(20(14-17)33(6,29)30)24-22-21(26(27)28)19(13-16(3)23-22)25(9-11-31-4)10-12-32-5/h7-8,13-15H,9-12H2,1-6H3,(H,23,24). The molecule has 0 spiro atoms. The molecule has 1 N–H and O–H groups in total. The van der Waals surface area contributed by atoms with Crippen molar-refractivity contribution in [1.29, 1.82) is 0 Å². The summed E-state index contributed by atoms with van der Waals surface area (Å²) in [6.45, 7) is 7.18. The highest BCUT2D eigenvalue weighted by Crippen LogP contribution is 2.38. The van der Waals surface area contributed by atoms with Crippen molar-refractivity contribution in [3.8, 4) is 0 Å². The molecule has 182 valence electrons. The van der Waals surface area contributed by atoms with E-state index in [1.165, 1.54) is 0 Å². The third-order valence-electron chi connectivity index (χ3n) is 5.08. The molecule has 33 heavy (non-hydrogen) atoms. The molecule has 0 saturated heterocycles. The van der Waals surface area contributed by atoms with Gasteiger partial charge in [-0.2, -0.15) is 0 Å². The normalized spacial score (nSPS) is 11.6. The van der Waals surface area contributed by atoms with Crippen molar-refractivity contribution in [3.63, 3.8) is 0 Å². The smallest absolute Gasteiger partial charge is 0.334 e. The van der Waals surface area contributed by atoms with Gasteiger partial charge in [-0.3, -0.25) is 10.1 Å². The van der Waals surface area contributed by atoms with E-state index in [0.717, 1.165) is 11.8 Å². The monoisotopic (exact) mass is 480 g/mol. The number of hydrogen-bond donors (Lipinski definition) is 1. The minimum absolute atomic E-state index is 0.0305. The van der Waals surface area contributed by atoms with Gasteiger partial charge in [0, 0.05) is 39.3 Å². The van der Waals surface area contributed by atoms with Crippen LogP contribution in [-0.4, -0.2) is 65.1 Å². The van der Waals surface area contributed by atoms with Crippen molar-refractivity contribution in [1.82, 2.24) is 4.98 Å². The Morgan fingerprint density at radius 1 is 1.15 bits per heavy atom. The van der Waals surface area contributed by atoms with Gasteiger partial charge in [-0.15, -0.1) is 0 Å². The third-order valence-corrected chi connectivity index (χ3v) is 6.22. The van der Waals surface area contributed by atoms with Crippen molar-refractivity contribution in [2.24, 2.45) is 0 Å². The Hall–Kier alpha value is -2.76. The zero-order valence-corrected chi connectivity index (χ0v) is 20.7. The number of anilines is 3. The second-order valence-corrected chi connectivity index (χ2v) is 10.0. The molecule has 0 bridgehead atoms. The molecule has 0 aliphatic carbocycles. The first-order chi connectivity index (χ1) is 15.5. The van der Waals surface area contributed by atoms with Gasteiger partial charge in [0.1, 0.15) is 5.69 Å². The first-order valence-corrected chi connectivity index (χ1v) is 12.4. The number of ether oxygens (including phenoxy) is 2. The summed E-state index contributed by atoms with van der Waals surface area (Å²) in [5.74, 6) is 0.0877. The largest absolute Gasteiger partial charge is 0.383 e. The van der Waals surface area contributed by atoms with Gasteiger partial charge in [-0.1, -0.05) is 19.9 Å². The molecule has 0 aliphatic heterocycles. The molecule has 2 aromatic rings. The third kappa shape index (κ3) is 6.86. The minimum atomic E-state index is -3.61. The fourth-order valence-electron chi connectivity index (χ4n) is 3.35. The Bertz CT molecular complexity index is 1080. The summed E-state index contributed by atoms with van der Waals surface area (Å²) < 4.78 is 35.3. The first-order valence-electron chi connectivity index (χ1n) is 10.5.